The Balaban J connectivity index is 1.57. The summed E-state index contributed by atoms with van der Waals surface area (Å²) in [5.74, 6) is 0.336. The van der Waals surface area contributed by atoms with Crippen molar-refractivity contribution in [2.24, 2.45) is 5.92 Å². The van der Waals surface area contributed by atoms with Gasteiger partial charge in [-0.3, -0.25) is 4.57 Å². The van der Waals surface area contributed by atoms with Crippen molar-refractivity contribution in [1.29, 1.82) is 0 Å². The Morgan fingerprint density at radius 3 is 2.90 bits per heavy atom. The highest BCUT2D eigenvalue weighted by molar-refractivity contribution is 9.10. The molecule has 6 nitrogen and oxygen atoms in total. The lowest BCUT2D eigenvalue weighted by atomic mass is 10.0. The minimum Gasteiger partial charge on any atom is -0.473 e. The fourth-order valence-corrected chi connectivity index (χ4v) is 5.15. The monoisotopic (exact) mass is 486 g/mol. The first-order chi connectivity index (χ1) is 13.7. The molecule has 0 radical (unpaired) electrons. The lowest BCUT2D eigenvalue weighted by molar-refractivity contribution is 0.00502. The van der Waals surface area contributed by atoms with Gasteiger partial charge in [-0.1, -0.05) is 19.6 Å². The Morgan fingerprint density at radius 1 is 1.34 bits per heavy atom. The Labute approximate surface area is 179 Å². The van der Waals surface area contributed by atoms with Crippen LogP contribution < -0.4 is 4.74 Å². The highest BCUT2D eigenvalue weighted by Gasteiger charge is 2.47. The van der Waals surface area contributed by atoms with Crippen molar-refractivity contribution in [3.05, 3.63) is 22.6 Å². The van der Waals surface area contributed by atoms with Crippen LogP contribution in [0.4, 0.5) is 4.39 Å². The molecule has 9 heteroatoms. The van der Waals surface area contributed by atoms with Crippen molar-refractivity contribution in [1.82, 2.24) is 9.55 Å². The van der Waals surface area contributed by atoms with E-state index in [1.165, 1.54) is 6.07 Å². The molecule has 2 aliphatic rings. The highest BCUT2D eigenvalue weighted by Crippen LogP contribution is 2.39. The van der Waals surface area contributed by atoms with Gasteiger partial charge in [-0.25, -0.2) is 9.37 Å². The van der Waals surface area contributed by atoms with Crippen LogP contribution in [0, 0.1) is 11.7 Å². The number of aromatic nitrogens is 2. The molecule has 1 N–H and O–H groups in total. The summed E-state index contributed by atoms with van der Waals surface area (Å²) >= 11 is 3.16. The Kier molecular flexibility index (Phi) is 6.05. The summed E-state index contributed by atoms with van der Waals surface area (Å²) in [5.41, 5.74) is 1.28. The van der Waals surface area contributed by atoms with Crippen molar-refractivity contribution in [3.8, 4) is 5.88 Å². The van der Waals surface area contributed by atoms with Crippen LogP contribution in [0.2, 0.25) is 25.7 Å². The molecule has 0 unspecified atom stereocenters. The number of aliphatic hydroxyl groups is 1. The van der Waals surface area contributed by atoms with Crippen LogP contribution in [0.3, 0.4) is 0 Å². The van der Waals surface area contributed by atoms with E-state index in [1.807, 2.05) is 10.6 Å². The molecule has 3 heterocycles. The molecule has 1 aliphatic heterocycles. The average molecular weight is 487 g/mol. The average Bonchev–Trinajstić information content (AvgIpc) is 3.29. The van der Waals surface area contributed by atoms with Gasteiger partial charge in [0.25, 0.3) is 0 Å². The molecule has 2 fully saturated rings. The van der Waals surface area contributed by atoms with E-state index >= 15 is 0 Å². The van der Waals surface area contributed by atoms with Crippen molar-refractivity contribution in [3.63, 3.8) is 0 Å². The Hall–Kier alpha value is -1.00. The van der Waals surface area contributed by atoms with Gasteiger partial charge in [0.2, 0.25) is 0 Å². The first kappa shape index (κ1) is 21.2. The molecular weight excluding hydrogens is 459 g/mol. The van der Waals surface area contributed by atoms with Crippen LogP contribution in [0.25, 0.3) is 11.0 Å². The maximum atomic E-state index is 14.2. The molecule has 1 saturated heterocycles. The zero-order valence-electron chi connectivity index (χ0n) is 17.0. The van der Waals surface area contributed by atoms with E-state index in [1.54, 1.807) is 0 Å². The standard InChI is InChI=1S/C20H28BrFN2O4Si/c1-29(2,3)7-6-26-11-24-15-8-13(22)20(21)23-14(15)9-18(24)28-17-10-27-19-12(17)4-5-16(19)25/h8-9,12,16-17,19,25H,4-7,10-11H2,1-3H3/t12-,16-,17-,19+/m1/s1. The third-order valence-electron chi connectivity index (χ3n) is 5.77. The van der Waals surface area contributed by atoms with E-state index in [-0.39, 0.29) is 29.5 Å². The summed E-state index contributed by atoms with van der Waals surface area (Å²) in [4.78, 5) is 4.30. The molecule has 160 valence electrons. The Bertz CT molecular complexity index is 887. The second-order valence-corrected chi connectivity index (χ2v) is 15.6. The molecular formula is C20H28BrFN2O4Si. The number of ether oxygens (including phenoxy) is 3. The van der Waals surface area contributed by atoms with Gasteiger partial charge >= 0.3 is 0 Å². The van der Waals surface area contributed by atoms with Gasteiger partial charge in [0, 0.05) is 32.7 Å². The maximum Gasteiger partial charge on any atom is 0.198 e. The fraction of sp³-hybridized carbons (Fsp3) is 0.650. The summed E-state index contributed by atoms with van der Waals surface area (Å²) in [5, 5.41) is 10.1. The number of hydrogen-bond acceptors (Lipinski definition) is 5. The summed E-state index contributed by atoms with van der Waals surface area (Å²) in [7, 11) is -1.20. The zero-order valence-corrected chi connectivity index (χ0v) is 19.6. The molecule has 1 aliphatic carbocycles. The molecule has 2 aromatic heterocycles. The largest absolute Gasteiger partial charge is 0.473 e. The smallest absolute Gasteiger partial charge is 0.198 e. The predicted molar refractivity (Wildman–Crippen MR) is 114 cm³/mol. The van der Waals surface area contributed by atoms with E-state index in [4.69, 9.17) is 14.2 Å². The predicted octanol–water partition coefficient (Wildman–Crippen LogP) is 4.17. The zero-order chi connectivity index (χ0) is 20.8. The van der Waals surface area contributed by atoms with Crippen LogP contribution in [0.15, 0.2) is 16.7 Å². The van der Waals surface area contributed by atoms with Gasteiger partial charge in [-0.2, -0.15) is 0 Å². The summed E-state index contributed by atoms with van der Waals surface area (Å²) < 4.78 is 34.2. The third-order valence-corrected chi connectivity index (χ3v) is 8.04. The summed E-state index contributed by atoms with van der Waals surface area (Å²) in [6.45, 7) is 8.29. The molecule has 4 rings (SSSR count). The third kappa shape index (κ3) is 4.53. The van der Waals surface area contributed by atoms with Crippen LogP contribution in [-0.2, 0) is 16.2 Å². The van der Waals surface area contributed by atoms with E-state index < -0.39 is 20.0 Å². The minimum atomic E-state index is -1.20. The SMILES string of the molecule is C[Si](C)(C)CCOCn1c(O[C@@H]2CO[C@H]3[C@@H]2CC[C@H]3O)cc2nc(Br)c(F)cc21. The van der Waals surface area contributed by atoms with Gasteiger partial charge in [-0.15, -0.1) is 0 Å². The Morgan fingerprint density at radius 2 is 2.14 bits per heavy atom. The number of halogens is 2. The number of fused-ring (bicyclic) bond motifs is 2. The second-order valence-electron chi connectivity index (χ2n) is 9.19. The van der Waals surface area contributed by atoms with Gasteiger partial charge in [0.1, 0.15) is 17.4 Å². The number of hydrogen-bond donors (Lipinski definition) is 1. The summed E-state index contributed by atoms with van der Waals surface area (Å²) in [6, 6.07) is 4.33. The van der Waals surface area contributed by atoms with Gasteiger partial charge in [0.15, 0.2) is 11.7 Å². The topological polar surface area (TPSA) is 65.7 Å². The van der Waals surface area contributed by atoms with E-state index in [0.29, 0.717) is 30.1 Å². The molecule has 29 heavy (non-hydrogen) atoms. The van der Waals surface area contributed by atoms with Crippen LogP contribution in [0.5, 0.6) is 5.88 Å². The molecule has 0 amide bonds. The van der Waals surface area contributed by atoms with Crippen LogP contribution in [0.1, 0.15) is 12.8 Å². The molecule has 0 aromatic carbocycles. The molecule has 2 aromatic rings. The van der Waals surface area contributed by atoms with E-state index in [2.05, 4.69) is 40.6 Å². The minimum absolute atomic E-state index is 0.143. The van der Waals surface area contributed by atoms with E-state index in [0.717, 1.165) is 18.9 Å². The first-order valence-electron chi connectivity index (χ1n) is 10.1. The normalized spacial score (nSPS) is 27.0. The fourth-order valence-electron chi connectivity index (χ4n) is 4.09. The molecule has 1 saturated carbocycles. The molecule has 0 spiro atoms. The number of pyridine rings is 1. The van der Waals surface area contributed by atoms with Gasteiger partial charge in [0.05, 0.1) is 29.8 Å². The van der Waals surface area contributed by atoms with Crippen LogP contribution >= 0.6 is 15.9 Å². The van der Waals surface area contributed by atoms with Crippen molar-refractivity contribution in [2.45, 2.75) is 63.6 Å². The number of aliphatic hydroxyl groups excluding tert-OH is 1. The molecule has 0 bridgehead atoms. The maximum absolute atomic E-state index is 14.2. The van der Waals surface area contributed by atoms with E-state index in [9.17, 15) is 9.50 Å². The van der Waals surface area contributed by atoms with Crippen LogP contribution in [-0.4, -0.2) is 54.3 Å². The van der Waals surface area contributed by atoms with Gasteiger partial charge in [-0.05, 0) is 34.8 Å². The van der Waals surface area contributed by atoms with Crippen molar-refractivity contribution in [2.75, 3.05) is 13.2 Å². The first-order valence-corrected chi connectivity index (χ1v) is 14.6. The highest BCUT2D eigenvalue weighted by atomic mass is 79.9. The number of nitrogens with zero attached hydrogens (tertiary/aromatic N) is 2. The number of rotatable bonds is 7. The lowest BCUT2D eigenvalue weighted by Crippen LogP contribution is -2.29. The second kappa shape index (κ2) is 8.26. The van der Waals surface area contributed by atoms with Crippen molar-refractivity contribution >= 4 is 35.0 Å². The van der Waals surface area contributed by atoms with Gasteiger partial charge < -0.3 is 19.3 Å². The molecule has 4 atom stereocenters. The summed E-state index contributed by atoms with van der Waals surface area (Å²) in [6.07, 6.45) is 0.890. The quantitative estimate of drug-likeness (QED) is 0.361. The van der Waals surface area contributed by atoms with Crippen molar-refractivity contribution < 1.29 is 23.7 Å². The lowest BCUT2D eigenvalue weighted by Gasteiger charge is -2.20.